The molecule has 1 heterocycles. The number of aromatic hydroxyl groups is 1. The van der Waals surface area contributed by atoms with E-state index in [1.165, 1.54) is 18.2 Å². The van der Waals surface area contributed by atoms with E-state index in [-0.39, 0.29) is 41.5 Å². The minimum absolute atomic E-state index is 0.0938. The number of nitrogens with zero attached hydrogens (tertiary/aromatic N) is 3. The second-order valence-electron chi connectivity index (χ2n) is 10.1. The van der Waals surface area contributed by atoms with E-state index in [1.807, 2.05) is 0 Å². The SMILES string of the molecule is CC(=O)CCCOCCOCCNc1nc(Nc2ccc(O)cc2)nc(Nc2ccc(C(=O)NCc3ccc(F)cc3F)cc2)n1. The minimum Gasteiger partial charge on any atom is -0.508 e. The van der Waals surface area contributed by atoms with Gasteiger partial charge in [0.2, 0.25) is 17.8 Å². The molecular formula is C32H35F2N7O5. The Morgan fingerprint density at radius 2 is 1.39 bits per heavy atom. The van der Waals surface area contributed by atoms with E-state index < -0.39 is 17.5 Å². The number of amides is 1. The molecule has 0 bridgehead atoms. The van der Waals surface area contributed by atoms with Crippen molar-refractivity contribution in [2.75, 3.05) is 48.9 Å². The Balaban J connectivity index is 1.33. The third-order valence-corrected chi connectivity index (χ3v) is 6.34. The van der Waals surface area contributed by atoms with E-state index in [9.17, 15) is 23.5 Å². The number of ketones is 1. The monoisotopic (exact) mass is 635 g/mol. The largest absolute Gasteiger partial charge is 0.508 e. The molecule has 0 aliphatic heterocycles. The Morgan fingerprint density at radius 3 is 2.02 bits per heavy atom. The molecule has 12 nitrogen and oxygen atoms in total. The summed E-state index contributed by atoms with van der Waals surface area (Å²) in [7, 11) is 0. The smallest absolute Gasteiger partial charge is 0.251 e. The maximum atomic E-state index is 13.9. The van der Waals surface area contributed by atoms with Crippen LogP contribution in [0.15, 0.2) is 66.7 Å². The lowest BCUT2D eigenvalue weighted by Gasteiger charge is -2.12. The highest BCUT2D eigenvalue weighted by Gasteiger charge is 2.11. The van der Waals surface area contributed by atoms with Crippen molar-refractivity contribution in [3.8, 4) is 5.75 Å². The van der Waals surface area contributed by atoms with Gasteiger partial charge in [-0.1, -0.05) is 6.07 Å². The van der Waals surface area contributed by atoms with Crippen LogP contribution >= 0.6 is 0 Å². The lowest BCUT2D eigenvalue weighted by Crippen LogP contribution is -2.23. The Kier molecular flexibility index (Phi) is 12.7. The minimum atomic E-state index is -0.735. The van der Waals surface area contributed by atoms with Crippen LogP contribution in [0.5, 0.6) is 5.75 Å². The van der Waals surface area contributed by atoms with Gasteiger partial charge in [0.1, 0.15) is 23.2 Å². The molecule has 0 aliphatic carbocycles. The average molecular weight is 636 g/mol. The van der Waals surface area contributed by atoms with E-state index in [4.69, 9.17) is 9.47 Å². The van der Waals surface area contributed by atoms with Crippen molar-refractivity contribution in [2.24, 2.45) is 0 Å². The summed E-state index contributed by atoms with van der Waals surface area (Å²) in [5.74, 6) is -0.881. The molecule has 0 aliphatic rings. The molecule has 4 rings (SSSR count). The number of hydrogen-bond acceptors (Lipinski definition) is 11. The summed E-state index contributed by atoms with van der Waals surface area (Å²) in [4.78, 5) is 36.8. The van der Waals surface area contributed by atoms with Gasteiger partial charge in [-0.05, 0) is 67.9 Å². The van der Waals surface area contributed by atoms with E-state index in [0.29, 0.717) is 62.8 Å². The Bertz CT molecular complexity index is 1590. The van der Waals surface area contributed by atoms with Gasteiger partial charge in [-0.3, -0.25) is 4.79 Å². The number of ether oxygens (including phenoxy) is 2. The van der Waals surface area contributed by atoms with Crippen molar-refractivity contribution in [2.45, 2.75) is 26.3 Å². The lowest BCUT2D eigenvalue weighted by molar-refractivity contribution is -0.117. The Labute approximate surface area is 264 Å². The number of phenolic OH excluding ortho intramolecular Hbond substituents is 1. The first kappa shape index (κ1) is 33.7. The zero-order valence-electron chi connectivity index (χ0n) is 25.2. The average Bonchev–Trinajstić information content (AvgIpc) is 3.02. The second-order valence-corrected chi connectivity index (χ2v) is 10.1. The number of halogens is 2. The molecule has 0 unspecified atom stereocenters. The number of hydrogen-bond donors (Lipinski definition) is 5. The summed E-state index contributed by atoms with van der Waals surface area (Å²) in [5.41, 5.74) is 1.73. The van der Waals surface area contributed by atoms with Crippen molar-refractivity contribution < 1.29 is 33.0 Å². The topological polar surface area (TPSA) is 160 Å². The van der Waals surface area contributed by atoms with Gasteiger partial charge < -0.3 is 40.6 Å². The van der Waals surface area contributed by atoms with Crippen molar-refractivity contribution >= 4 is 40.9 Å². The summed E-state index contributed by atoms with van der Waals surface area (Å²) in [5, 5.41) is 21.5. The molecule has 0 saturated carbocycles. The highest BCUT2D eigenvalue weighted by atomic mass is 19.1. The Hall–Kier alpha value is -5.21. The second kappa shape index (κ2) is 17.3. The van der Waals surface area contributed by atoms with E-state index >= 15 is 0 Å². The molecule has 46 heavy (non-hydrogen) atoms. The van der Waals surface area contributed by atoms with Crippen LogP contribution in [0.25, 0.3) is 0 Å². The van der Waals surface area contributed by atoms with Gasteiger partial charge in [0.15, 0.2) is 0 Å². The third-order valence-electron chi connectivity index (χ3n) is 6.34. The van der Waals surface area contributed by atoms with E-state index in [1.54, 1.807) is 43.3 Å². The number of aromatic nitrogens is 3. The molecule has 5 N–H and O–H groups in total. The van der Waals surface area contributed by atoms with Crippen molar-refractivity contribution in [3.63, 3.8) is 0 Å². The summed E-state index contributed by atoms with van der Waals surface area (Å²) in [6, 6.07) is 16.1. The first-order valence-electron chi connectivity index (χ1n) is 14.6. The summed E-state index contributed by atoms with van der Waals surface area (Å²) in [6.45, 7) is 3.56. The number of rotatable bonds is 18. The lowest BCUT2D eigenvalue weighted by atomic mass is 10.1. The molecule has 14 heteroatoms. The summed E-state index contributed by atoms with van der Waals surface area (Å²) >= 11 is 0. The molecule has 1 aromatic heterocycles. The number of nitrogens with one attached hydrogen (secondary N) is 4. The number of anilines is 5. The van der Waals surface area contributed by atoms with Gasteiger partial charge in [-0.15, -0.1) is 0 Å². The zero-order valence-corrected chi connectivity index (χ0v) is 25.2. The van der Waals surface area contributed by atoms with Gasteiger partial charge >= 0.3 is 0 Å². The maximum Gasteiger partial charge on any atom is 0.251 e. The quantitative estimate of drug-likeness (QED) is 0.0732. The molecule has 0 fully saturated rings. The van der Waals surface area contributed by atoms with Crippen molar-refractivity contribution in [1.82, 2.24) is 20.3 Å². The molecule has 0 saturated heterocycles. The van der Waals surface area contributed by atoms with Crippen LogP contribution in [-0.4, -0.2) is 64.7 Å². The van der Waals surface area contributed by atoms with Gasteiger partial charge in [0.25, 0.3) is 5.91 Å². The van der Waals surface area contributed by atoms with Crippen molar-refractivity contribution in [3.05, 3.63) is 89.5 Å². The molecule has 242 valence electrons. The first-order chi connectivity index (χ1) is 22.2. The fraction of sp³-hybridized carbons (Fsp3) is 0.281. The van der Waals surface area contributed by atoms with Crippen LogP contribution in [-0.2, 0) is 20.8 Å². The highest BCUT2D eigenvalue weighted by Crippen LogP contribution is 2.21. The predicted molar refractivity (Wildman–Crippen MR) is 169 cm³/mol. The number of carbonyl (C=O) groups excluding carboxylic acids is 2. The fourth-order valence-electron chi connectivity index (χ4n) is 4.00. The number of carbonyl (C=O) groups is 2. The third kappa shape index (κ3) is 11.4. The van der Waals surface area contributed by atoms with Crippen LogP contribution in [0.1, 0.15) is 35.7 Å². The highest BCUT2D eigenvalue weighted by molar-refractivity contribution is 5.94. The number of benzene rings is 3. The predicted octanol–water partition coefficient (Wildman–Crippen LogP) is 5.09. The zero-order chi connectivity index (χ0) is 32.7. The Morgan fingerprint density at radius 1 is 0.783 bits per heavy atom. The van der Waals surface area contributed by atoms with Gasteiger partial charge in [-0.25, -0.2) is 8.78 Å². The van der Waals surface area contributed by atoms with E-state index in [0.717, 1.165) is 12.1 Å². The van der Waals surface area contributed by atoms with Crippen LogP contribution in [0.4, 0.5) is 38.0 Å². The molecule has 3 aromatic carbocycles. The fourth-order valence-corrected chi connectivity index (χ4v) is 4.00. The maximum absolute atomic E-state index is 13.9. The molecule has 0 radical (unpaired) electrons. The van der Waals surface area contributed by atoms with Crippen molar-refractivity contribution in [1.29, 1.82) is 0 Å². The van der Waals surface area contributed by atoms with Crippen LogP contribution in [0.2, 0.25) is 0 Å². The van der Waals surface area contributed by atoms with Crippen LogP contribution in [0.3, 0.4) is 0 Å². The van der Waals surface area contributed by atoms with Crippen LogP contribution in [0, 0.1) is 11.6 Å². The molecular weight excluding hydrogens is 600 g/mol. The van der Waals surface area contributed by atoms with Gasteiger partial charge in [0, 0.05) is 54.7 Å². The molecule has 0 spiro atoms. The number of phenols is 1. The standard InChI is InChI=1S/C32H35F2N7O5/c1-21(42)3-2-15-45-17-18-46-16-14-35-30-39-31(41-32(40-30)38-26-10-12-27(43)13-11-26)37-25-8-5-22(6-9-25)29(44)36-20-23-4-7-24(33)19-28(23)34/h4-13,19,43H,2-3,14-18,20H2,1H3,(H,36,44)(H3,35,37,38,39,40,41). The number of Topliss-reactive ketones (excluding diaryl/α,β-unsaturated/α-hetero) is 1. The molecule has 4 aromatic rings. The van der Waals surface area contributed by atoms with Gasteiger partial charge in [-0.2, -0.15) is 15.0 Å². The van der Waals surface area contributed by atoms with Crippen LogP contribution < -0.4 is 21.3 Å². The normalized spacial score (nSPS) is 10.8. The summed E-state index contributed by atoms with van der Waals surface area (Å²) in [6.07, 6.45) is 1.19. The molecule has 1 amide bonds. The van der Waals surface area contributed by atoms with E-state index in [2.05, 4.69) is 36.2 Å². The van der Waals surface area contributed by atoms with Gasteiger partial charge in [0.05, 0.1) is 19.8 Å². The first-order valence-corrected chi connectivity index (χ1v) is 14.6. The summed E-state index contributed by atoms with van der Waals surface area (Å²) < 4.78 is 38.1. The molecule has 0 atom stereocenters.